The third kappa shape index (κ3) is 0.862. The van der Waals surface area contributed by atoms with E-state index in [1.165, 1.54) is 0 Å². The van der Waals surface area contributed by atoms with Crippen molar-refractivity contribution in [2.45, 2.75) is 0 Å². The lowest BCUT2D eigenvalue weighted by molar-refractivity contribution is 1.23. The second-order valence-corrected chi connectivity index (χ2v) is 3.63. The third-order valence-electron chi connectivity index (χ3n) is 2.16. The fourth-order valence-electron chi connectivity index (χ4n) is 1.54. The third-order valence-corrected chi connectivity index (χ3v) is 2.88. The van der Waals surface area contributed by atoms with Crippen molar-refractivity contribution in [2.24, 2.45) is 0 Å². The number of rotatable bonds is 0. The van der Waals surface area contributed by atoms with E-state index >= 15 is 0 Å². The van der Waals surface area contributed by atoms with Crippen LogP contribution in [0.1, 0.15) is 0 Å². The Bertz CT molecular complexity index is 537. The summed E-state index contributed by atoms with van der Waals surface area (Å²) in [6.45, 7) is 0. The maximum atomic E-state index is 4.25. The van der Waals surface area contributed by atoms with Crippen molar-refractivity contribution in [3.8, 4) is 11.4 Å². The van der Waals surface area contributed by atoms with E-state index in [9.17, 15) is 0 Å². The van der Waals surface area contributed by atoms with Crippen molar-refractivity contribution < 1.29 is 0 Å². The van der Waals surface area contributed by atoms with E-state index in [2.05, 4.69) is 32.2 Å². The maximum absolute atomic E-state index is 4.25. The highest BCUT2D eigenvalue weighted by Gasteiger charge is 2.10. The molecule has 0 unspecified atom stereocenters. The number of fused-ring (bicyclic) bond motifs is 2. The Balaban J connectivity index is 2.61. The van der Waals surface area contributed by atoms with Crippen LogP contribution < -0.4 is 0 Å². The summed E-state index contributed by atoms with van der Waals surface area (Å²) in [4.78, 5) is 7.41. The normalized spacial score (nSPS) is 11.5. The van der Waals surface area contributed by atoms with Gasteiger partial charge in [-0.15, -0.1) is 0 Å². The number of nitrogens with zero attached hydrogens (tertiary/aromatic N) is 2. The maximum Gasteiger partial charge on any atom is 0.150 e. The van der Waals surface area contributed by atoms with Gasteiger partial charge in [0.25, 0.3) is 0 Å². The molecule has 0 amide bonds. The van der Waals surface area contributed by atoms with Crippen molar-refractivity contribution in [1.82, 2.24) is 13.6 Å². The van der Waals surface area contributed by atoms with Gasteiger partial charge in [-0.25, -0.2) is 4.98 Å². The van der Waals surface area contributed by atoms with E-state index in [4.69, 9.17) is 0 Å². The van der Waals surface area contributed by atoms with Gasteiger partial charge < -0.3 is 4.98 Å². The van der Waals surface area contributed by atoms with E-state index in [0.29, 0.717) is 0 Å². The quantitative estimate of drug-likeness (QED) is 0.639. The lowest BCUT2D eigenvalue weighted by atomic mass is 10.2. The van der Waals surface area contributed by atoms with Crippen LogP contribution in [-0.2, 0) is 0 Å². The Morgan fingerprint density at radius 1 is 1.38 bits per heavy atom. The molecule has 2 aliphatic heterocycles. The zero-order chi connectivity index (χ0) is 8.84. The van der Waals surface area contributed by atoms with E-state index in [1.807, 2.05) is 21.9 Å². The van der Waals surface area contributed by atoms with Gasteiger partial charge in [0, 0.05) is 18.0 Å². The SMILES string of the molecule is Brn1c2nccc-2cc2[nH]ccc21. The Hall–Kier alpha value is -1.29. The molecule has 0 spiro atoms. The molecular formula is C9H6BrN3. The monoisotopic (exact) mass is 235 g/mol. The number of aromatic nitrogens is 3. The zero-order valence-electron chi connectivity index (χ0n) is 6.66. The summed E-state index contributed by atoms with van der Waals surface area (Å²) >= 11 is 3.47. The molecule has 3 heterocycles. The number of aromatic amines is 1. The van der Waals surface area contributed by atoms with Crippen LogP contribution in [0.2, 0.25) is 0 Å². The average molecular weight is 236 g/mol. The van der Waals surface area contributed by atoms with Gasteiger partial charge in [-0.1, -0.05) is 0 Å². The Morgan fingerprint density at radius 3 is 3.23 bits per heavy atom. The summed E-state index contributed by atoms with van der Waals surface area (Å²) in [5.74, 6) is 0.951. The summed E-state index contributed by atoms with van der Waals surface area (Å²) in [6, 6.07) is 6.10. The molecule has 0 fully saturated rings. The van der Waals surface area contributed by atoms with Crippen LogP contribution in [0.4, 0.5) is 0 Å². The molecule has 2 aliphatic rings. The van der Waals surface area contributed by atoms with Crippen LogP contribution in [0.3, 0.4) is 0 Å². The van der Waals surface area contributed by atoms with Gasteiger partial charge in [-0.2, -0.15) is 0 Å². The number of hydrogen-bond acceptors (Lipinski definition) is 1. The van der Waals surface area contributed by atoms with Crippen LogP contribution >= 0.6 is 16.1 Å². The Labute approximate surface area is 83.1 Å². The number of hydrogen-bond donors (Lipinski definition) is 1. The standard InChI is InChI=1S/C9H6BrN3/c10-13-8-2-4-11-7(8)5-6-1-3-12-9(6)13/h1-5,11H. The Kier molecular flexibility index (Phi) is 1.29. The van der Waals surface area contributed by atoms with Crippen LogP contribution in [0.25, 0.3) is 22.4 Å². The molecule has 64 valence electrons. The predicted octanol–water partition coefficient (Wildman–Crippen LogP) is 2.63. The molecule has 0 atom stereocenters. The summed E-state index contributed by atoms with van der Waals surface area (Å²) in [7, 11) is 0. The highest BCUT2D eigenvalue weighted by atomic mass is 79.9. The summed E-state index contributed by atoms with van der Waals surface area (Å²) in [5, 5.41) is 0. The molecule has 0 saturated heterocycles. The van der Waals surface area contributed by atoms with Crippen molar-refractivity contribution in [3.63, 3.8) is 0 Å². The first-order valence-electron chi connectivity index (χ1n) is 3.96. The van der Waals surface area contributed by atoms with Gasteiger partial charge in [-0.3, -0.25) is 3.59 Å². The second-order valence-electron chi connectivity index (χ2n) is 2.93. The fraction of sp³-hybridized carbons (Fsp3) is 0. The van der Waals surface area contributed by atoms with Crippen molar-refractivity contribution in [2.75, 3.05) is 0 Å². The number of halogens is 1. The minimum Gasteiger partial charge on any atom is -0.360 e. The molecule has 1 N–H and O–H groups in total. The summed E-state index contributed by atoms with van der Waals surface area (Å²) in [5.41, 5.74) is 3.34. The zero-order valence-corrected chi connectivity index (χ0v) is 8.25. The van der Waals surface area contributed by atoms with Gasteiger partial charge >= 0.3 is 0 Å². The van der Waals surface area contributed by atoms with Crippen molar-refractivity contribution >= 4 is 27.2 Å². The molecule has 13 heavy (non-hydrogen) atoms. The van der Waals surface area contributed by atoms with E-state index in [1.54, 1.807) is 6.20 Å². The molecule has 0 saturated carbocycles. The lowest BCUT2D eigenvalue weighted by Gasteiger charge is -2.04. The number of nitrogens with one attached hydrogen (secondary N) is 1. The van der Waals surface area contributed by atoms with Crippen LogP contribution in [0.15, 0.2) is 30.6 Å². The second kappa shape index (κ2) is 2.35. The average Bonchev–Trinajstić information content (AvgIpc) is 2.71. The summed E-state index contributed by atoms with van der Waals surface area (Å²) in [6.07, 6.45) is 3.72. The molecule has 0 aliphatic carbocycles. The minimum atomic E-state index is 0.951. The fourth-order valence-corrected chi connectivity index (χ4v) is 2.15. The van der Waals surface area contributed by atoms with Crippen LogP contribution in [0.5, 0.6) is 0 Å². The largest absolute Gasteiger partial charge is 0.360 e. The lowest BCUT2D eigenvalue weighted by Crippen LogP contribution is -1.91. The molecule has 1 aromatic rings. The topological polar surface area (TPSA) is 33.6 Å². The molecule has 0 bridgehead atoms. The first-order valence-corrected chi connectivity index (χ1v) is 4.67. The smallest absolute Gasteiger partial charge is 0.150 e. The predicted molar refractivity (Wildman–Crippen MR) is 55.0 cm³/mol. The Morgan fingerprint density at radius 2 is 2.31 bits per heavy atom. The summed E-state index contributed by atoms with van der Waals surface area (Å²) < 4.78 is 1.91. The highest BCUT2D eigenvalue weighted by Crippen LogP contribution is 2.27. The van der Waals surface area contributed by atoms with Gasteiger partial charge in [0.1, 0.15) is 0 Å². The molecule has 3 nitrogen and oxygen atoms in total. The van der Waals surface area contributed by atoms with Gasteiger partial charge in [0.05, 0.1) is 27.2 Å². The first kappa shape index (κ1) is 7.15. The van der Waals surface area contributed by atoms with Gasteiger partial charge in [0.2, 0.25) is 0 Å². The molecule has 0 aromatic carbocycles. The van der Waals surface area contributed by atoms with Crippen molar-refractivity contribution in [1.29, 1.82) is 0 Å². The van der Waals surface area contributed by atoms with Gasteiger partial charge in [-0.05, 0) is 18.2 Å². The van der Waals surface area contributed by atoms with E-state index < -0.39 is 0 Å². The highest BCUT2D eigenvalue weighted by molar-refractivity contribution is 9.08. The van der Waals surface area contributed by atoms with Gasteiger partial charge in [0.15, 0.2) is 5.82 Å². The first-order chi connectivity index (χ1) is 6.36. The minimum absolute atomic E-state index is 0.951. The molecule has 4 heteroatoms. The molecular weight excluding hydrogens is 230 g/mol. The van der Waals surface area contributed by atoms with E-state index in [-0.39, 0.29) is 0 Å². The number of pyridine rings is 1. The van der Waals surface area contributed by atoms with Crippen LogP contribution in [-0.4, -0.2) is 13.6 Å². The molecule has 1 aromatic heterocycles. The van der Waals surface area contributed by atoms with Crippen molar-refractivity contribution in [3.05, 3.63) is 30.6 Å². The number of H-pyrrole nitrogens is 1. The molecule has 0 radical (unpaired) electrons. The van der Waals surface area contributed by atoms with Crippen LogP contribution in [0, 0.1) is 0 Å². The molecule has 3 rings (SSSR count). The van der Waals surface area contributed by atoms with E-state index in [0.717, 1.165) is 22.4 Å².